The second-order valence-electron chi connectivity index (χ2n) is 6.18. The highest BCUT2D eigenvalue weighted by molar-refractivity contribution is 5.69. The van der Waals surface area contributed by atoms with E-state index < -0.39 is 0 Å². The Labute approximate surface area is 158 Å². The number of aryl methyl sites for hydroxylation is 1. The molecule has 0 aliphatic rings. The fraction of sp³-hybridized carbons (Fsp3) is 0.174. The van der Waals surface area contributed by atoms with Gasteiger partial charge in [0.05, 0.1) is 7.11 Å². The maximum Gasteiger partial charge on any atom is 0.305 e. The van der Waals surface area contributed by atoms with Crippen molar-refractivity contribution in [3.63, 3.8) is 0 Å². The van der Waals surface area contributed by atoms with Gasteiger partial charge in [-0.15, -0.1) is 0 Å². The minimum atomic E-state index is -0.286. The zero-order valence-electron chi connectivity index (χ0n) is 15.2. The van der Waals surface area contributed by atoms with E-state index in [9.17, 15) is 9.18 Å². The van der Waals surface area contributed by atoms with Crippen LogP contribution in [0.5, 0.6) is 5.75 Å². The first-order valence-electron chi connectivity index (χ1n) is 8.78. The largest absolute Gasteiger partial charge is 0.489 e. The molecule has 0 aliphatic heterocycles. The third kappa shape index (κ3) is 5.17. The lowest BCUT2D eigenvalue weighted by Gasteiger charge is -2.12. The van der Waals surface area contributed by atoms with Crippen molar-refractivity contribution in [3.8, 4) is 16.9 Å². The van der Waals surface area contributed by atoms with E-state index in [0.717, 1.165) is 22.3 Å². The van der Waals surface area contributed by atoms with Gasteiger partial charge >= 0.3 is 5.97 Å². The number of halogens is 1. The van der Waals surface area contributed by atoms with Crippen LogP contribution in [-0.2, 0) is 22.6 Å². The van der Waals surface area contributed by atoms with Gasteiger partial charge in [-0.3, -0.25) is 4.79 Å². The number of hydrogen-bond acceptors (Lipinski definition) is 3. The van der Waals surface area contributed by atoms with Gasteiger partial charge in [0, 0.05) is 6.42 Å². The second kappa shape index (κ2) is 8.99. The fourth-order valence-corrected chi connectivity index (χ4v) is 2.84. The summed E-state index contributed by atoms with van der Waals surface area (Å²) in [7, 11) is 1.38. The Morgan fingerprint density at radius 2 is 1.70 bits per heavy atom. The third-order valence-electron chi connectivity index (χ3n) is 4.32. The number of benzene rings is 3. The van der Waals surface area contributed by atoms with E-state index in [2.05, 4.69) is 4.74 Å². The van der Waals surface area contributed by atoms with Crippen molar-refractivity contribution in [1.82, 2.24) is 0 Å². The van der Waals surface area contributed by atoms with Gasteiger partial charge in [-0.2, -0.15) is 0 Å². The van der Waals surface area contributed by atoms with Crippen LogP contribution < -0.4 is 4.74 Å². The first-order valence-corrected chi connectivity index (χ1v) is 8.78. The van der Waals surface area contributed by atoms with Crippen molar-refractivity contribution in [2.24, 2.45) is 0 Å². The number of hydrogen-bond donors (Lipinski definition) is 0. The number of ether oxygens (including phenoxy) is 2. The van der Waals surface area contributed by atoms with Crippen LogP contribution in [0.2, 0.25) is 0 Å². The number of rotatable bonds is 7. The lowest BCUT2D eigenvalue weighted by Crippen LogP contribution is -2.02. The third-order valence-corrected chi connectivity index (χ3v) is 4.32. The van der Waals surface area contributed by atoms with Crippen LogP contribution in [-0.4, -0.2) is 13.1 Å². The lowest BCUT2D eigenvalue weighted by atomic mass is 10.00. The van der Waals surface area contributed by atoms with Crippen LogP contribution >= 0.6 is 0 Å². The van der Waals surface area contributed by atoms with E-state index in [1.807, 2.05) is 54.6 Å². The van der Waals surface area contributed by atoms with Crippen LogP contribution in [0.3, 0.4) is 0 Å². The molecule has 27 heavy (non-hydrogen) atoms. The Hall–Kier alpha value is -3.14. The average Bonchev–Trinajstić information content (AvgIpc) is 2.72. The quantitative estimate of drug-likeness (QED) is 0.542. The molecule has 0 spiro atoms. The molecule has 0 amide bonds. The van der Waals surface area contributed by atoms with Gasteiger partial charge in [0.1, 0.15) is 18.2 Å². The summed E-state index contributed by atoms with van der Waals surface area (Å²) in [6, 6.07) is 22.1. The summed E-state index contributed by atoms with van der Waals surface area (Å²) in [4.78, 5) is 11.2. The summed E-state index contributed by atoms with van der Waals surface area (Å²) in [5, 5.41) is 0. The van der Waals surface area contributed by atoms with Gasteiger partial charge < -0.3 is 9.47 Å². The minimum Gasteiger partial charge on any atom is -0.489 e. The number of carbonyl (C=O) groups is 1. The van der Waals surface area contributed by atoms with Crippen molar-refractivity contribution >= 4 is 5.97 Å². The normalized spacial score (nSPS) is 10.4. The SMILES string of the molecule is COC(=O)CCc1ccc(OCc2cc(F)ccc2-c2ccccc2)cc1. The summed E-state index contributed by atoms with van der Waals surface area (Å²) in [5.74, 6) is 0.182. The van der Waals surface area contributed by atoms with Gasteiger partial charge in [0.2, 0.25) is 0 Å². The summed E-state index contributed by atoms with van der Waals surface area (Å²) in [6.07, 6.45) is 0.968. The molecule has 0 saturated heterocycles. The summed E-state index contributed by atoms with van der Waals surface area (Å²) < 4.78 is 24.2. The Morgan fingerprint density at radius 1 is 0.963 bits per heavy atom. The molecule has 3 aromatic carbocycles. The topological polar surface area (TPSA) is 35.5 Å². The smallest absolute Gasteiger partial charge is 0.305 e. The lowest BCUT2D eigenvalue weighted by molar-refractivity contribution is -0.140. The monoisotopic (exact) mass is 364 g/mol. The highest BCUT2D eigenvalue weighted by Crippen LogP contribution is 2.26. The predicted molar refractivity (Wildman–Crippen MR) is 103 cm³/mol. The zero-order chi connectivity index (χ0) is 19.1. The van der Waals surface area contributed by atoms with Crippen molar-refractivity contribution in [2.45, 2.75) is 19.4 Å². The van der Waals surface area contributed by atoms with Crippen molar-refractivity contribution in [3.05, 3.63) is 89.7 Å². The predicted octanol–water partition coefficient (Wildman–Crippen LogP) is 5.18. The number of carbonyl (C=O) groups excluding carboxylic acids is 1. The minimum absolute atomic E-state index is 0.227. The van der Waals surface area contributed by atoms with Crippen LogP contribution in [0.15, 0.2) is 72.8 Å². The van der Waals surface area contributed by atoms with Gasteiger partial charge in [-0.1, -0.05) is 48.5 Å². The molecule has 0 bridgehead atoms. The van der Waals surface area contributed by atoms with E-state index in [1.165, 1.54) is 19.2 Å². The van der Waals surface area contributed by atoms with E-state index in [0.29, 0.717) is 18.6 Å². The van der Waals surface area contributed by atoms with Gasteiger partial charge in [0.15, 0.2) is 0 Å². The molecule has 0 aromatic heterocycles. The maximum absolute atomic E-state index is 13.7. The first kappa shape index (κ1) is 18.6. The number of esters is 1. The Bertz CT molecular complexity index is 889. The second-order valence-corrected chi connectivity index (χ2v) is 6.18. The van der Waals surface area contributed by atoms with Crippen LogP contribution in [0.25, 0.3) is 11.1 Å². The molecular formula is C23H21FO3. The van der Waals surface area contributed by atoms with Crippen LogP contribution in [0.1, 0.15) is 17.5 Å². The molecule has 4 heteroatoms. The molecule has 0 saturated carbocycles. The highest BCUT2D eigenvalue weighted by atomic mass is 19.1. The van der Waals surface area contributed by atoms with E-state index in [1.54, 1.807) is 6.07 Å². The Morgan fingerprint density at radius 3 is 2.41 bits per heavy atom. The molecule has 0 atom stereocenters. The molecule has 0 aliphatic carbocycles. The molecule has 0 heterocycles. The summed E-state index contributed by atoms with van der Waals surface area (Å²) in [5.41, 5.74) is 3.79. The summed E-state index contributed by atoms with van der Waals surface area (Å²) >= 11 is 0. The standard InChI is InChI=1S/C23H21FO3/c1-26-23(25)14-9-17-7-11-21(12-8-17)27-16-19-15-20(24)10-13-22(19)18-5-3-2-4-6-18/h2-8,10-13,15H,9,14,16H2,1H3. The highest BCUT2D eigenvalue weighted by Gasteiger charge is 2.08. The van der Waals surface area contributed by atoms with Gasteiger partial charge in [0.25, 0.3) is 0 Å². The van der Waals surface area contributed by atoms with E-state index in [-0.39, 0.29) is 18.4 Å². The first-order chi connectivity index (χ1) is 13.2. The molecule has 0 radical (unpaired) electrons. The zero-order valence-corrected chi connectivity index (χ0v) is 15.2. The molecular weight excluding hydrogens is 343 g/mol. The molecule has 3 rings (SSSR count). The van der Waals surface area contributed by atoms with E-state index >= 15 is 0 Å². The molecule has 3 nitrogen and oxygen atoms in total. The fourth-order valence-electron chi connectivity index (χ4n) is 2.84. The summed E-state index contributed by atoms with van der Waals surface area (Å²) in [6.45, 7) is 0.267. The van der Waals surface area contributed by atoms with Gasteiger partial charge in [-0.05, 0) is 52.9 Å². The Balaban J connectivity index is 1.68. The molecule has 0 N–H and O–H groups in total. The molecule has 138 valence electrons. The number of methoxy groups -OCH3 is 1. The molecule has 0 fully saturated rings. The van der Waals surface area contributed by atoms with Crippen LogP contribution in [0, 0.1) is 5.82 Å². The van der Waals surface area contributed by atoms with E-state index in [4.69, 9.17) is 4.74 Å². The molecule has 3 aromatic rings. The maximum atomic E-state index is 13.7. The average molecular weight is 364 g/mol. The Kier molecular flexibility index (Phi) is 6.21. The van der Waals surface area contributed by atoms with Crippen molar-refractivity contribution in [2.75, 3.05) is 7.11 Å². The van der Waals surface area contributed by atoms with Gasteiger partial charge in [-0.25, -0.2) is 4.39 Å². The van der Waals surface area contributed by atoms with Crippen molar-refractivity contribution in [1.29, 1.82) is 0 Å². The van der Waals surface area contributed by atoms with Crippen molar-refractivity contribution < 1.29 is 18.7 Å². The van der Waals surface area contributed by atoms with Crippen LogP contribution in [0.4, 0.5) is 4.39 Å². The molecule has 0 unspecified atom stereocenters.